The molecule has 0 amide bonds. The Bertz CT molecular complexity index is 382. The van der Waals surface area contributed by atoms with Crippen molar-refractivity contribution in [1.82, 2.24) is 15.4 Å². The maximum absolute atomic E-state index is 4.99. The first-order valence-electron chi connectivity index (χ1n) is 3.39. The standard InChI is InChI=1S/C6H7N5S/c1-11-5-4(7-3-10-11)6(12)9-2-8-5/h2-3H,1H3,(H,7,10)(H,8,9,12). The Labute approximate surface area is 74.1 Å². The second-order valence-electron chi connectivity index (χ2n) is 2.35. The van der Waals surface area contributed by atoms with Crippen LogP contribution in [0.15, 0.2) is 11.3 Å². The highest BCUT2D eigenvalue weighted by atomic mass is 32.1. The van der Waals surface area contributed by atoms with E-state index in [1.165, 1.54) is 0 Å². The molecular formula is C6H7N5S. The maximum atomic E-state index is 4.99. The van der Waals surface area contributed by atoms with E-state index < -0.39 is 0 Å². The maximum Gasteiger partial charge on any atom is 0.157 e. The normalized spacial score (nSPS) is 13.9. The highest BCUT2D eigenvalue weighted by molar-refractivity contribution is 7.71. The molecule has 0 radical (unpaired) electrons. The van der Waals surface area contributed by atoms with Gasteiger partial charge in [-0.05, 0) is 0 Å². The summed E-state index contributed by atoms with van der Waals surface area (Å²) in [5.41, 5.74) is 3.60. The molecule has 1 aliphatic heterocycles. The number of hydrogen-bond donors (Lipinski definition) is 2. The summed E-state index contributed by atoms with van der Waals surface area (Å²) in [5, 5.41) is 1.79. The third-order valence-corrected chi connectivity index (χ3v) is 1.89. The summed E-state index contributed by atoms with van der Waals surface area (Å²) in [4.78, 5) is 10.9. The Balaban J connectivity index is 2.69. The summed E-state index contributed by atoms with van der Waals surface area (Å²) in [5.74, 6) is 0.831. The molecule has 5 nitrogen and oxygen atoms in total. The zero-order valence-electron chi connectivity index (χ0n) is 6.40. The van der Waals surface area contributed by atoms with Crippen molar-refractivity contribution >= 4 is 30.1 Å². The van der Waals surface area contributed by atoms with Crippen LogP contribution in [0.5, 0.6) is 0 Å². The number of aromatic amines is 1. The average molecular weight is 181 g/mol. The number of rotatable bonds is 0. The topological polar surface area (TPSA) is 56.3 Å². The molecular weight excluding hydrogens is 174 g/mol. The minimum atomic E-state index is 0.508. The Hall–Kier alpha value is -1.43. The average Bonchev–Trinajstić information content (AvgIpc) is 2.07. The number of anilines is 1. The van der Waals surface area contributed by atoms with Gasteiger partial charge in [-0.2, -0.15) is 0 Å². The fourth-order valence-electron chi connectivity index (χ4n) is 0.999. The zero-order valence-corrected chi connectivity index (χ0v) is 7.22. The van der Waals surface area contributed by atoms with Gasteiger partial charge in [-0.1, -0.05) is 12.2 Å². The largest absolute Gasteiger partial charge is 0.329 e. The van der Waals surface area contributed by atoms with Gasteiger partial charge in [0.15, 0.2) is 10.5 Å². The number of aliphatic imine (C=N–C) groups is 1. The molecule has 0 fully saturated rings. The first kappa shape index (κ1) is 7.23. The first-order chi connectivity index (χ1) is 5.79. The molecule has 0 aliphatic carbocycles. The number of aromatic nitrogens is 2. The van der Waals surface area contributed by atoms with E-state index in [4.69, 9.17) is 12.2 Å². The Kier molecular flexibility index (Phi) is 1.54. The quantitative estimate of drug-likeness (QED) is 0.580. The van der Waals surface area contributed by atoms with Crippen LogP contribution in [0.1, 0.15) is 0 Å². The molecule has 0 spiro atoms. The third kappa shape index (κ3) is 0.964. The van der Waals surface area contributed by atoms with Crippen LogP contribution in [-0.4, -0.2) is 23.4 Å². The molecule has 12 heavy (non-hydrogen) atoms. The fraction of sp³-hybridized carbons (Fsp3) is 0.167. The number of hydrazine groups is 1. The van der Waals surface area contributed by atoms with Gasteiger partial charge in [0.1, 0.15) is 12.0 Å². The van der Waals surface area contributed by atoms with Gasteiger partial charge >= 0.3 is 0 Å². The molecule has 6 heteroatoms. The van der Waals surface area contributed by atoms with Crippen LogP contribution < -0.4 is 10.4 Å². The lowest BCUT2D eigenvalue weighted by atomic mass is 10.4. The van der Waals surface area contributed by atoms with Crippen molar-refractivity contribution in [3.05, 3.63) is 11.0 Å². The van der Waals surface area contributed by atoms with Crippen LogP contribution in [0.4, 0.5) is 11.5 Å². The minimum absolute atomic E-state index is 0.508. The Morgan fingerprint density at radius 3 is 3.17 bits per heavy atom. The molecule has 2 rings (SSSR count). The molecule has 0 saturated carbocycles. The van der Waals surface area contributed by atoms with Gasteiger partial charge in [0.25, 0.3) is 0 Å². The van der Waals surface area contributed by atoms with Gasteiger partial charge in [0.05, 0.1) is 6.33 Å². The minimum Gasteiger partial charge on any atom is -0.329 e. The number of nitrogens with zero attached hydrogens (tertiary/aromatic N) is 3. The van der Waals surface area contributed by atoms with Crippen molar-refractivity contribution < 1.29 is 0 Å². The molecule has 0 atom stereocenters. The smallest absolute Gasteiger partial charge is 0.157 e. The van der Waals surface area contributed by atoms with E-state index in [-0.39, 0.29) is 0 Å². The predicted molar refractivity (Wildman–Crippen MR) is 49.1 cm³/mol. The molecule has 1 aromatic heterocycles. The van der Waals surface area contributed by atoms with E-state index in [0.29, 0.717) is 10.3 Å². The van der Waals surface area contributed by atoms with E-state index in [2.05, 4.69) is 20.4 Å². The molecule has 2 N–H and O–H groups in total. The molecule has 0 aromatic carbocycles. The number of fused-ring (bicyclic) bond motifs is 1. The lowest BCUT2D eigenvalue weighted by Gasteiger charge is -2.22. The van der Waals surface area contributed by atoms with Crippen molar-refractivity contribution in [1.29, 1.82) is 0 Å². The molecule has 2 heterocycles. The van der Waals surface area contributed by atoms with E-state index in [0.717, 1.165) is 5.82 Å². The number of H-pyrrole nitrogens is 1. The highest BCUT2D eigenvalue weighted by Crippen LogP contribution is 2.25. The predicted octanol–water partition coefficient (Wildman–Crippen LogP) is 0.753. The number of hydrogen-bond acceptors (Lipinski definition) is 5. The summed E-state index contributed by atoms with van der Waals surface area (Å²) in [7, 11) is 1.87. The van der Waals surface area contributed by atoms with Crippen molar-refractivity contribution in [2.75, 3.05) is 12.1 Å². The van der Waals surface area contributed by atoms with Crippen molar-refractivity contribution in [3.8, 4) is 0 Å². The van der Waals surface area contributed by atoms with E-state index in [1.54, 1.807) is 17.7 Å². The van der Waals surface area contributed by atoms with Gasteiger partial charge in [0.2, 0.25) is 0 Å². The lowest BCUT2D eigenvalue weighted by Crippen LogP contribution is -2.35. The SMILES string of the molecule is CN1NC=Nc2c1[nH]cnc2=S. The van der Waals surface area contributed by atoms with Crippen LogP contribution in [-0.2, 0) is 0 Å². The highest BCUT2D eigenvalue weighted by Gasteiger charge is 2.11. The van der Waals surface area contributed by atoms with Crippen molar-refractivity contribution in [2.24, 2.45) is 4.99 Å². The van der Waals surface area contributed by atoms with E-state index in [9.17, 15) is 0 Å². The van der Waals surface area contributed by atoms with Crippen LogP contribution in [0.2, 0.25) is 0 Å². The van der Waals surface area contributed by atoms with Gasteiger partial charge in [0, 0.05) is 7.05 Å². The van der Waals surface area contributed by atoms with Gasteiger partial charge < -0.3 is 4.98 Å². The second kappa shape index (κ2) is 2.56. The zero-order chi connectivity index (χ0) is 8.55. The van der Waals surface area contributed by atoms with E-state index >= 15 is 0 Å². The van der Waals surface area contributed by atoms with Crippen LogP contribution in [0.25, 0.3) is 0 Å². The molecule has 62 valence electrons. The van der Waals surface area contributed by atoms with Gasteiger partial charge in [-0.25, -0.2) is 9.98 Å². The third-order valence-electron chi connectivity index (χ3n) is 1.59. The van der Waals surface area contributed by atoms with Crippen LogP contribution >= 0.6 is 12.2 Å². The monoisotopic (exact) mass is 181 g/mol. The summed E-state index contributed by atoms with van der Waals surface area (Å²) in [6.07, 6.45) is 3.13. The number of nitrogens with one attached hydrogen (secondary N) is 2. The Morgan fingerprint density at radius 2 is 2.42 bits per heavy atom. The summed E-state index contributed by atoms with van der Waals surface area (Å²) in [6, 6.07) is 0. The molecule has 0 saturated heterocycles. The second-order valence-corrected chi connectivity index (χ2v) is 2.74. The first-order valence-corrected chi connectivity index (χ1v) is 3.80. The lowest BCUT2D eigenvalue weighted by molar-refractivity contribution is 0.848. The fourth-order valence-corrected chi connectivity index (χ4v) is 1.20. The molecule has 1 aromatic rings. The van der Waals surface area contributed by atoms with Crippen molar-refractivity contribution in [2.45, 2.75) is 0 Å². The van der Waals surface area contributed by atoms with Gasteiger partial charge in [-0.3, -0.25) is 10.4 Å². The Morgan fingerprint density at radius 1 is 1.58 bits per heavy atom. The van der Waals surface area contributed by atoms with Crippen LogP contribution in [0.3, 0.4) is 0 Å². The molecule has 0 unspecified atom stereocenters. The van der Waals surface area contributed by atoms with E-state index in [1.807, 2.05) is 7.05 Å². The molecule has 0 bridgehead atoms. The van der Waals surface area contributed by atoms with Crippen LogP contribution in [0, 0.1) is 4.64 Å². The summed E-state index contributed by atoms with van der Waals surface area (Å²) >= 11 is 4.99. The molecule has 1 aliphatic rings. The van der Waals surface area contributed by atoms with Gasteiger partial charge in [-0.15, -0.1) is 0 Å². The van der Waals surface area contributed by atoms with Crippen molar-refractivity contribution in [3.63, 3.8) is 0 Å². The summed E-state index contributed by atoms with van der Waals surface area (Å²) < 4.78 is 0.508. The summed E-state index contributed by atoms with van der Waals surface area (Å²) in [6.45, 7) is 0.